The summed E-state index contributed by atoms with van der Waals surface area (Å²) in [5, 5.41) is 0. The second-order valence-corrected chi connectivity index (χ2v) is 4.82. The van der Waals surface area contributed by atoms with E-state index < -0.39 is 0 Å². The van der Waals surface area contributed by atoms with Crippen molar-refractivity contribution < 1.29 is 4.43 Å². The van der Waals surface area contributed by atoms with Crippen LogP contribution in [0.2, 0.25) is 6.55 Å². The van der Waals surface area contributed by atoms with Gasteiger partial charge in [-0.1, -0.05) is 36.4 Å². The third-order valence-electron chi connectivity index (χ3n) is 2.89. The molecular formula is C15H17NOSi. The molecule has 2 aromatic rings. The number of anilines is 1. The number of benzene rings is 2. The lowest BCUT2D eigenvalue weighted by atomic mass is 9.96. The summed E-state index contributed by atoms with van der Waals surface area (Å²) >= 11 is 0. The van der Waals surface area contributed by atoms with E-state index >= 15 is 0 Å². The van der Waals surface area contributed by atoms with Crippen molar-refractivity contribution in [3.63, 3.8) is 0 Å². The molecule has 0 fully saturated rings. The first-order valence-corrected chi connectivity index (χ1v) is 7.40. The summed E-state index contributed by atoms with van der Waals surface area (Å²) < 4.78 is 5.72. The van der Waals surface area contributed by atoms with E-state index in [0.717, 1.165) is 11.3 Å². The smallest absolute Gasteiger partial charge is 0.227 e. The van der Waals surface area contributed by atoms with Gasteiger partial charge < -0.3 is 10.2 Å². The summed E-state index contributed by atoms with van der Waals surface area (Å²) in [6, 6.07) is 16.3. The molecule has 0 heterocycles. The quantitative estimate of drug-likeness (QED) is 0.668. The molecule has 2 radical (unpaired) electrons. The monoisotopic (exact) mass is 255 g/mol. The Morgan fingerprint density at radius 1 is 1.11 bits per heavy atom. The third-order valence-corrected chi connectivity index (χ3v) is 3.48. The summed E-state index contributed by atoms with van der Waals surface area (Å²) in [5.74, 6) is 0. The standard InChI is InChI=1S/C15H17NOSi/c1-11(17-18-2)14-8-3-4-9-15(14)12-6-5-7-13(16)10-12/h3-11H,16H2,1-2H3. The summed E-state index contributed by atoms with van der Waals surface area (Å²) in [6.45, 7) is 4.13. The molecule has 2 rings (SSSR count). The Kier molecular flexibility index (Phi) is 4.18. The van der Waals surface area contributed by atoms with E-state index in [1.54, 1.807) is 0 Å². The minimum Gasteiger partial charge on any atom is -0.411 e. The van der Waals surface area contributed by atoms with Gasteiger partial charge in [0.15, 0.2) is 0 Å². The van der Waals surface area contributed by atoms with E-state index in [2.05, 4.69) is 25.1 Å². The molecule has 2 aromatic carbocycles. The van der Waals surface area contributed by atoms with Gasteiger partial charge in [0, 0.05) is 5.69 Å². The molecular weight excluding hydrogens is 238 g/mol. The zero-order chi connectivity index (χ0) is 13.0. The fourth-order valence-corrected chi connectivity index (χ4v) is 2.54. The average molecular weight is 255 g/mol. The maximum absolute atomic E-state index is 5.85. The zero-order valence-electron chi connectivity index (χ0n) is 10.7. The van der Waals surface area contributed by atoms with E-state index in [4.69, 9.17) is 10.2 Å². The van der Waals surface area contributed by atoms with E-state index in [-0.39, 0.29) is 6.10 Å². The highest BCUT2D eigenvalue weighted by molar-refractivity contribution is 6.24. The Morgan fingerprint density at radius 2 is 1.89 bits per heavy atom. The Labute approximate surface area is 111 Å². The van der Waals surface area contributed by atoms with Crippen molar-refractivity contribution in [1.82, 2.24) is 0 Å². The fraction of sp³-hybridized carbons (Fsp3) is 0.200. The Morgan fingerprint density at radius 3 is 2.61 bits per heavy atom. The van der Waals surface area contributed by atoms with E-state index in [1.165, 1.54) is 11.1 Å². The lowest BCUT2D eigenvalue weighted by Crippen LogP contribution is -2.03. The van der Waals surface area contributed by atoms with Gasteiger partial charge in [-0.2, -0.15) is 0 Å². The topological polar surface area (TPSA) is 35.2 Å². The second-order valence-electron chi connectivity index (χ2n) is 4.18. The maximum atomic E-state index is 5.85. The molecule has 0 aliphatic carbocycles. The van der Waals surface area contributed by atoms with Gasteiger partial charge in [0.1, 0.15) is 0 Å². The predicted octanol–water partition coefficient (Wildman–Crippen LogP) is 3.68. The molecule has 0 aliphatic rings. The summed E-state index contributed by atoms with van der Waals surface area (Å²) in [4.78, 5) is 0. The molecule has 2 nitrogen and oxygen atoms in total. The maximum Gasteiger partial charge on any atom is 0.227 e. The van der Waals surface area contributed by atoms with Gasteiger partial charge >= 0.3 is 0 Å². The van der Waals surface area contributed by atoms with E-state index in [0.29, 0.717) is 9.76 Å². The van der Waals surface area contributed by atoms with Gasteiger partial charge in [0.2, 0.25) is 9.76 Å². The third kappa shape index (κ3) is 2.81. The van der Waals surface area contributed by atoms with Crippen LogP contribution >= 0.6 is 0 Å². The van der Waals surface area contributed by atoms with Crippen LogP contribution in [-0.4, -0.2) is 9.76 Å². The Bertz CT molecular complexity index is 527. The first kappa shape index (κ1) is 12.9. The molecule has 1 atom stereocenters. The minimum atomic E-state index is 0.103. The number of nitrogens with two attached hydrogens (primary N) is 1. The predicted molar refractivity (Wildman–Crippen MR) is 77.4 cm³/mol. The van der Waals surface area contributed by atoms with Gasteiger partial charge in [0.25, 0.3) is 0 Å². The van der Waals surface area contributed by atoms with Crippen LogP contribution in [0.15, 0.2) is 48.5 Å². The van der Waals surface area contributed by atoms with Crippen LogP contribution in [0, 0.1) is 0 Å². The molecule has 2 N–H and O–H groups in total. The minimum absolute atomic E-state index is 0.103. The molecule has 0 amide bonds. The molecule has 1 unspecified atom stereocenters. The van der Waals surface area contributed by atoms with Crippen molar-refractivity contribution in [2.75, 3.05) is 5.73 Å². The van der Waals surface area contributed by atoms with Crippen LogP contribution in [0.5, 0.6) is 0 Å². The van der Waals surface area contributed by atoms with Crippen LogP contribution in [-0.2, 0) is 4.43 Å². The molecule has 92 valence electrons. The largest absolute Gasteiger partial charge is 0.411 e. The lowest BCUT2D eigenvalue weighted by Gasteiger charge is -2.17. The normalized spacial score (nSPS) is 12.3. The Hall–Kier alpha value is -1.58. The number of hydrogen-bond acceptors (Lipinski definition) is 2. The van der Waals surface area contributed by atoms with Gasteiger partial charge in [-0.3, -0.25) is 0 Å². The first-order valence-electron chi connectivity index (χ1n) is 5.99. The van der Waals surface area contributed by atoms with E-state index in [9.17, 15) is 0 Å². The molecule has 0 spiro atoms. The zero-order valence-corrected chi connectivity index (χ0v) is 11.7. The van der Waals surface area contributed by atoms with Crippen LogP contribution in [0.25, 0.3) is 11.1 Å². The molecule has 0 aliphatic heterocycles. The second kappa shape index (κ2) is 5.84. The molecule has 0 bridgehead atoms. The molecule has 0 saturated carbocycles. The van der Waals surface area contributed by atoms with Crippen molar-refractivity contribution in [3.8, 4) is 11.1 Å². The summed E-state index contributed by atoms with van der Waals surface area (Å²) in [5.41, 5.74) is 10.2. The van der Waals surface area contributed by atoms with E-state index in [1.807, 2.05) is 36.9 Å². The number of nitrogen functional groups attached to an aromatic ring is 1. The molecule has 3 heteroatoms. The highest BCUT2D eigenvalue weighted by atomic mass is 28.2. The highest BCUT2D eigenvalue weighted by Gasteiger charge is 2.11. The van der Waals surface area contributed by atoms with Crippen molar-refractivity contribution in [2.45, 2.75) is 19.6 Å². The summed E-state index contributed by atoms with van der Waals surface area (Å²) in [6.07, 6.45) is 0.103. The van der Waals surface area contributed by atoms with Crippen molar-refractivity contribution in [1.29, 1.82) is 0 Å². The van der Waals surface area contributed by atoms with Gasteiger partial charge in [-0.25, -0.2) is 0 Å². The SMILES string of the molecule is C[Si]OC(C)c1ccccc1-c1cccc(N)c1. The van der Waals surface area contributed by atoms with Crippen LogP contribution in [0.3, 0.4) is 0 Å². The molecule has 18 heavy (non-hydrogen) atoms. The van der Waals surface area contributed by atoms with Crippen molar-refractivity contribution in [2.24, 2.45) is 0 Å². The van der Waals surface area contributed by atoms with Crippen molar-refractivity contribution in [3.05, 3.63) is 54.1 Å². The van der Waals surface area contributed by atoms with Crippen LogP contribution < -0.4 is 5.73 Å². The Balaban J connectivity index is 2.44. The highest BCUT2D eigenvalue weighted by Crippen LogP contribution is 2.30. The van der Waals surface area contributed by atoms with Crippen LogP contribution in [0.4, 0.5) is 5.69 Å². The first-order chi connectivity index (χ1) is 8.72. The van der Waals surface area contributed by atoms with Crippen molar-refractivity contribution >= 4 is 15.5 Å². The molecule has 0 aromatic heterocycles. The number of hydrogen-bond donors (Lipinski definition) is 1. The fourth-order valence-electron chi connectivity index (χ4n) is 2.06. The van der Waals surface area contributed by atoms with Gasteiger partial charge in [0.05, 0.1) is 6.10 Å². The van der Waals surface area contributed by atoms with Gasteiger partial charge in [-0.15, -0.1) is 0 Å². The van der Waals surface area contributed by atoms with Gasteiger partial charge in [-0.05, 0) is 42.3 Å². The lowest BCUT2D eigenvalue weighted by molar-refractivity contribution is 0.242. The average Bonchev–Trinajstić information content (AvgIpc) is 2.39. The molecule has 0 saturated heterocycles. The summed E-state index contributed by atoms with van der Waals surface area (Å²) in [7, 11) is 0.491. The number of rotatable bonds is 4. The van der Waals surface area contributed by atoms with Crippen LogP contribution in [0.1, 0.15) is 18.6 Å².